The Balaban J connectivity index is 2.67. The molecule has 4 heteroatoms. The third-order valence-electron chi connectivity index (χ3n) is 2.16. The lowest BCUT2D eigenvalue weighted by molar-refractivity contribution is -0.134. The van der Waals surface area contributed by atoms with E-state index in [1.165, 1.54) is 19.3 Å². The number of esters is 1. The van der Waals surface area contributed by atoms with E-state index in [0.29, 0.717) is 11.5 Å². The Labute approximate surface area is 112 Å². The van der Waals surface area contributed by atoms with Crippen molar-refractivity contribution in [1.29, 1.82) is 0 Å². The number of aliphatic hydroxyl groups excluding tert-OH is 1. The highest BCUT2D eigenvalue weighted by atomic mass is 16.5. The molecule has 0 amide bonds. The Kier molecular flexibility index (Phi) is 6.20. The molecule has 0 aromatic carbocycles. The van der Waals surface area contributed by atoms with Gasteiger partial charge in [0.05, 0.1) is 7.11 Å². The molecule has 0 aliphatic carbocycles. The molecule has 0 spiro atoms. The molecule has 0 bridgehead atoms. The molecular weight excluding hydrogens is 244 g/mol. The van der Waals surface area contributed by atoms with Crippen LogP contribution in [0, 0.1) is 11.8 Å². The lowest BCUT2D eigenvalue weighted by Gasteiger charge is -1.96. The van der Waals surface area contributed by atoms with E-state index < -0.39 is 12.1 Å². The minimum absolute atomic E-state index is 0.335. The average molecular weight is 260 g/mol. The van der Waals surface area contributed by atoms with Crippen LogP contribution < -0.4 is 0 Å². The van der Waals surface area contributed by atoms with Crippen LogP contribution in [0.15, 0.2) is 34.8 Å². The molecule has 19 heavy (non-hydrogen) atoms. The zero-order valence-corrected chi connectivity index (χ0v) is 10.9. The number of rotatable bonds is 4. The minimum Gasteiger partial charge on any atom is -0.466 e. The molecule has 1 heterocycles. The molecule has 0 saturated carbocycles. The van der Waals surface area contributed by atoms with E-state index in [9.17, 15) is 9.90 Å². The molecule has 4 nitrogen and oxygen atoms in total. The van der Waals surface area contributed by atoms with Gasteiger partial charge in [-0.3, -0.25) is 0 Å². The number of hydrogen-bond acceptors (Lipinski definition) is 4. The fraction of sp³-hybridized carbons (Fsp3) is 0.267. The number of allylic oxidation sites excluding steroid dienone is 2. The van der Waals surface area contributed by atoms with Crippen LogP contribution >= 0.6 is 0 Å². The largest absolute Gasteiger partial charge is 0.466 e. The molecule has 0 aliphatic rings. The van der Waals surface area contributed by atoms with Crippen LogP contribution in [0.1, 0.15) is 31.0 Å². The minimum atomic E-state index is -0.984. The number of methoxy groups -OCH3 is 1. The number of aliphatic hydroxyl groups is 1. The second-order valence-electron chi connectivity index (χ2n) is 3.60. The van der Waals surface area contributed by atoms with Gasteiger partial charge in [0.2, 0.25) is 0 Å². The highest BCUT2D eigenvalue weighted by Gasteiger charge is 2.08. The van der Waals surface area contributed by atoms with Crippen LogP contribution in [0.2, 0.25) is 0 Å². The molecule has 0 unspecified atom stereocenters. The number of carbonyl (C=O) groups excluding carboxylic acids is 1. The number of furan rings is 1. The zero-order valence-electron chi connectivity index (χ0n) is 10.9. The van der Waals surface area contributed by atoms with Crippen molar-refractivity contribution in [2.45, 2.75) is 19.4 Å². The zero-order chi connectivity index (χ0) is 14.1. The van der Waals surface area contributed by atoms with Crippen molar-refractivity contribution in [1.82, 2.24) is 0 Å². The summed E-state index contributed by atoms with van der Waals surface area (Å²) in [6.07, 6.45) is 6.20. The number of hydrogen-bond donors (Lipinski definition) is 1. The molecule has 0 saturated heterocycles. The van der Waals surface area contributed by atoms with E-state index in [1.54, 1.807) is 18.2 Å². The van der Waals surface area contributed by atoms with Crippen LogP contribution in [-0.2, 0) is 9.53 Å². The van der Waals surface area contributed by atoms with Crippen LogP contribution in [0.25, 0.3) is 6.08 Å². The van der Waals surface area contributed by atoms with Crippen molar-refractivity contribution in [2.24, 2.45) is 0 Å². The Morgan fingerprint density at radius 1 is 1.58 bits per heavy atom. The maximum atomic E-state index is 10.9. The molecule has 1 aromatic heterocycles. The lowest BCUT2D eigenvalue weighted by atomic mass is 10.2. The van der Waals surface area contributed by atoms with Crippen LogP contribution in [-0.4, -0.2) is 18.2 Å². The topological polar surface area (TPSA) is 59.7 Å². The summed E-state index contributed by atoms with van der Waals surface area (Å²) in [5.41, 5.74) is 0. The van der Waals surface area contributed by atoms with Crippen LogP contribution in [0.4, 0.5) is 0 Å². The summed E-state index contributed by atoms with van der Waals surface area (Å²) >= 11 is 0. The van der Waals surface area contributed by atoms with Gasteiger partial charge in [-0.1, -0.05) is 24.8 Å². The van der Waals surface area contributed by atoms with Crippen molar-refractivity contribution >= 4 is 12.0 Å². The van der Waals surface area contributed by atoms with Gasteiger partial charge in [-0.25, -0.2) is 4.79 Å². The van der Waals surface area contributed by atoms with E-state index in [-0.39, 0.29) is 0 Å². The Hall–Kier alpha value is -2.25. The standard InChI is InChI=1S/C15H16O4/c1-3-4-5-6-7-13(16)14-10-8-12(19-14)9-11-15(17)18-2/h4-5,8-11,13,16H,3H2,1-2H3/t13-/m0/s1. The van der Waals surface area contributed by atoms with E-state index in [2.05, 4.69) is 16.6 Å². The summed E-state index contributed by atoms with van der Waals surface area (Å²) in [6, 6.07) is 3.25. The molecule has 0 radical (unpaired) electrons. The van der Waals surface area contributed by atoms with Crippen molar-refractivity contribution in [2.75, 3.05) is 7.11 Å². The molecule has 1 N–H and O–H groups in total. The number of carbonyl (C=O) groups is 1. The smallest absolute Gasteiger partial charge is 0.330 e. The maximum Gasteiger partial charge on any atom is 0.330 e. The molecule has 0 fully saturated rings. The van der Waals surface area contributed by atoms with Crippen molar-refractivity contribution in [3.8, 4) is 11.8 Å². The molecule has 100 valence electrons. The quantitative estimate of drug-likeness (QED) is 0.513. The highest BCUT2D eigenvalue weighted by Crippen LogP contribution is 2.16. The monoisotopic (exact) mass is 260 g/mol. The van der Waals surface area contributed by atoms with Gasteiger partial charge in [0.25, 0.3) is 0 Å². The normalized spacial score (nSPS) is 12.4. The van der Waals surface area contributed by atoms with Gasteiger partial charge in [-0.05, 0) is 30.7 Å². The van der Waals surface area contributed by atoms with Gasteiger partial charge >= 0.3 is 5.97 Å². The summed E-state index contributed by atoms with van der Waals surface area (Å²) in [4.78, 5) is 10.9. The van der Waals surface area contributed by atoms with Crippen molar-refractivity contribution in [3.63, 3.8) is 0 Å². The summed E-state index contributed by atoms with van der Waals surface area (Å²) in [7, 11) is 1.30. The Morgan fingerprint density at radius 2 is 2.37 bits per heavy atom. The number of ether oxygens (including phenoxy) is 1. The third kappa shape index (κ3) is 5.28. The van der Waals surface area contributed by atoms with E-state index in [4.69, 9.17) is 4.42 Å². The molecule has 1 aromatic rings. The average Bonchev–Trinajstić information content (AvgIpc) is 2.89. The molecule has 1 rings (SSSR count). The van der Waals surface area contributed by atoms with Gasteiger partial charge in [0, 0.05) is 6.08 Å². The first-order chi connectivity index (χ1) is 9.17. The predicted octanol–water partition coefficient (Wildman–Crippen LogP) is 2.47. The van der Waals surface area contributed by atoms with Crippen molar-refractivity contribution in [3.05, 3.63) is 41.9 Å². The summed E-state index contributed by atoms with van der Waals surface area (Å²) in [6.45, 7) is 2.00. The summed E-state index contributed by atoms with van der Waals surface area (Å²) in [5.74, 6) is 5.67. The van der Waals surface area contributed by atoms with E-state index in [1.807, 2.05) is 13.0 Å². The molecule has 0 aliphatic heterocycles. The third-order valence-corrected chi connectivity index (χ3v) is 2.16. The molecule has 1 atom stereocenters. The van der Waals surface area contributed by atoms with E-state index >= 15 is 0 Å². The van der Waals surface area contributed by atoms with Gasteiger partial charge < -0.3 is 14.3 Å². The fourth-order valence-corrected chi connectivity index (χ4v) is 1.20. The first-order valence-corrected chi connectivity index (χ1v) is 5.87. The van der Waals surface area contributed by atoms with Crippen molar-refractivity contribution < 1.29 is 19.1 Å². The maximum absolute atomic E-state index is 10.9. The Morgan fingerprint density at radius 3 is 3.05 bits per heavy atom. The summed E-state index contributed by atoms with van der Waals surface area (Å²) < 4.78 is 9.78. The van der Waals surface area contributed by atoms with Crippen LogP contribution in [0.5, 0.6) is 0 Å². The second kappa shape index (κ2) is 7.96. The first-order valence-electron chi connectivity index (χ1n) is 5.87. The fourth-order valence-electron chi connectivity index (χ4n) is 1.20. The highest BCUT2D eigenvalue weighted by molar-refractivity contribution is 5.86. The van der Waals surface area contributed by atoms with Gasteiger partial charge in [0.1, 0.15) is 11.5 Å². The lowest BCUT2D eigenvalue weighted by Crippen LogP contribution is -1.93. The van der Waals surface area contributed by atoms with Crippen LogP contribution in [0.3, 0.4) is 0 Å². The predicted molar refractivity (Wildman–Crippen MR) is 71.9 cm³/mol. The first kappa shape index (κ1) is 14.8. The van der Waals surface area contributed by atoms with Gasteiger partial charge in [0.15, 0.2) is 6.10 Å². The second-order valence-corrected chi connectivity index (χ2v) is 3.60. The van der Waals surface area contributed by atoms with E-state index in [0.717, 1.165) is 6.42 Å². The van der Waals surface area contributed by atoms with Gasteiger partial charge in [-0.2, -0.15) is 0 Å². The SMILES string of the molecule is CCC=CC#C[C@H](O)c1ccc(C=CC(=O)OC)o1. The van der Waals surface area contributed by atoms with Gasteiger partial charge in [-0.15, -0.1) is 0 Å². The Bertz CT molecular complexity index is 526. The summed E-state index contributed by atoms with van der Waals surface area (Å²) in [5, 5.41) is 9.74. The molecular formula is C15H16O4.